The van der Waals surface area contributed by atoms with Crippen molar-refractivity contribution in [3.8, 4) is 0 Å². The average Bonchev–Trinajstić information content (AvgIpc) is 2.66. The maximum Gasteiger partial charge on any atom is 0.00728 e. The van der Waals surface area contributed by atoms with Gasteiger partial charge in [0.1, 0.15) is 0 Å². The zero-order chi connectivity index (χ0) is 11.5. The van der Waals surface area contributed by atoms with Crippen LogP contribution in [0.5, 0.6) is 0 Å². The first-order valence-electron chi connectivity index (χ1n) is 5.54. The molecule has 1 atom stereocenters. The summed E-state index contributed by atoms with van der Waals surface area (Å²) in [6.07, 6.45) is 6.06. The highest BCUT2D eigenvalue weighted by atomic mass is 14.2. The van der Waals surface area contributed by atoms with Crippen LogP contribution in [0, 0.1) is 5.92 Å². The van der Waals surface area contributed by atoms with Crippen LogP contribution in [-0.2, 0) is 0 Å². The number of rotatable bonds is 3. The van der Waals surface area contributed by atoms with E-state index in [0.29, 0.717) is 5.92 Å². The van der Waals surface area contributed by atoms with Crippen LogP contribution in [0.3, 0.4) is 0 Å². The van der Waals surface area contributed by atoms with Gasteiger partial charge in [-0.05, 0) is 22.3 Å². The van der Waals surface area contributed by atoms with E-state index in [1.54, 1.807) is 0 Å². The molecule has 80 valence electrons. The van der Waals surface area contributed by atoms with Gasteiger partial charge in [-0.3, -0.25) is 0 Å². The van der Waals surface area contributed by atoms with Gasteiger partial charge >= 0.3 is 0 Å². The number of benzene rings is 1. The van der Waals surface area contributed by atoms with Crippen LogP contribution < -0.4 is 0 Å². The molecule has 0 saturated carbocycles. The van der Waals surface area contributed by atoms with E-state index in [-0.39, 0.29) is 0 Å². The minimum absolute atomic E-state index is 0.410. The zero-order valence-electron chi connectivity index (χ0n) is 9.61. The van der Waals surface area contributed by atoms with Crippen molar-refractivity contribution in [2.24, 2.45) is 5.92 Å². The van der Waals surface area contributed by atoms with E-state index in [1.807, 2.05) is 18.2 Å². The highest BCUT2D eigenvalue weighted by Crippen LogP contribution is 2.38. The summed E-state index contributed by atoms with van der Waals surface area (Å²) in [6.45, 7) is 9.95. The molecule has 16 heavy (non-hydrogen) atoms. The van der Waals surface area contributed by atoms with E-state index in [0.717, 1.165) is 0 Å². The molecule has 0 spiro atoms. The Morgan fingerprint density at radius 1 is 1.06 bits per heavy atom. The molecular weight excluding hydrogens is 192 g/mol. The lowest BCUT2D eigenvalue weighted by Gasteiger charge is -2.12. The van der Waals surface area contributed by atoms with Gasteiger partial charge in [0.2, 0.25) is 0 Å². The molecule has 0 saturated heterocycles. The molecule has 2 rings (SSSR count). The Bertz CT molecular complexity index is 472. The summed E-state index contributed by atoms with van der Waals surface area (Å²) >= 11 is 0. The summed E-state index contributed by atoms with van der Waals surface area (Å²) < 4.78 is 0. The molecule has 0 aliphatic heterocycles. The first-order valence-corrected chi connectivity index (χ1v) is 5.54. The number of hydrogen-bond acceptors (Lipinski definition) is 0. The molecule has 0 heteroatoms. The molecule has 0 bridgehead atoms. The van der Waals surface area contributed by atoms with E-state index >= 15 is 0 Å². The van der Waals surface area contributed by atoms with E-state index in [4.69, 9.17) is 0 Å². The molecule has 0 N–H and O–H groups in total. The molecule has 1 aliphatic rings. The van der Waals surface area contributed by atoms with Gasteiger partial charge in [-0.15, -0.1) is 0 Å². The third-order valence-corrected chi connectivity index (χ3v) is 3.12. The van der Waals surface area contributed by atoms with Gasteiger partial charge in [-0.25, -0.2) is 0 Å². The topological polar surface area (TPSA) is 0 Å². The fourth-order valence-electron chi connectivity index (χ4n) is 2.23. The van der Waals surface area contributed by atoms with E-state index < -0.39 is 0 Å². The van der Waals surface area contributed by atoms with E-state index in [2.05, 4.69) is 50.4 Å². The van der Waals surface area contributed by atoms with Gasteiger partial charge in [-0.2, -0.15) is 0 Å². The Morgan fingerprint density at radius 2 is 1.75 bits per heavy atom. The Balaban J connectivity index is 2.43. The quantitative estimate of drug-likeness (QED) is 0.691. The average molecular weight is 208 g/mol. The van der Waals surface area contributed by atoms with Gasteiger partial charge in [-0.1, -0.05) is 68.6 Å². The minimum atomic E-state index is 0.410. The van der Waals surface area contributed by atoms with Crippen molar-refractivity contribution in [3.05, 3.63) is 78.4 Å². The van der Waals surface area contributed by atoms with Crippen LogP contribution in [0.15, 0.2) is 72.9 Å². The standard InChI is InChI=1S/C16H16/c1-4-13-11-16(12(3)15(13)5-2)14-9-7-6-8-10-14/h4-12H,1-2H2,3H3. The molecule has 1 unspecified atom stereocenters. The second-order valence-electron chi connectivity index (χ2n) is 4.01. The summed E-state index contributed by atoms with van der Waals surface area (Å²) in [7, 11) is 0. The zero-order valence-corrected chi connectivity index (χ0v) is 9.61. The number of allylic oxidation sites excluding steroid dienone is 6. The summed E-state index contributed by atoms with van der Waals surface area (Å²) in [4.78, 5) is 0. The van der Waals surface area contributed by atoms with Crippen LogP contribution in [0.25, 0.3) is 5.57 Å². The van der Waals surface area contributed by atoms with Crippen molar-refractivity contribution in [1.82, 2.24) is 0 Å². The van der Waals surface area contributed by atoms with Crippen molar-refractivity contribution < 1.29 is 0 Å². The molecule has 1 aromatic carbocycles. The monoisotopic (exact) mass is 208 g/mol. The van der Waals surface area contributed by atoms with E-state index in [9.17, 15) is 0 Å². The highest BCUT2D eigenvalue weighted by Gasteiger charge is 2.21. The molecular formula is C16H16. The lowest BCUT2D eigenvalue weighted by atomic mass is 9.92. The summed E-state index contributed by atoms with van der Waals surface area (Å²) in [6, 6.07) is 10.5. The Labute approximate surface area is 97.3 Å². The van der Waals surface area contributed by atoms with Crippen molar-refractivity contribution in [3.63, 3.8) is 0 Å². The van der Waals surface area contributed by atoms with Crippen molar-refractivity contribution in [2.45, 2.75) is 6.92 Å². The van der Waals surface area contributed by atoms with Crippen LogP contribution in [-0.4, -0.2) is 0 Å². The largest absolute Gasteiger partial charge is 0.0987 e. The lowest BCUT2D eigenvalue weighted by molar-refractivity contribution is 0.929. The summed E-state index contributed by atoms with van der Waals surface area (Å²) in [5.41, 5.74) is 5.10. The van der Waals surface area contributed by atoms with E-state index in [1.165, 1.54) is 22.3 Å². The highest BCUT2D eigenvalue weighted by molar-refractivity contribution is 5.78. The van der Waals surface area contributed by atoms with Gasteiger partial charge in [0.25, 0.3) is 0 Å². The predicted octanol–water partition coefficient (Wildman–Crippen LogP) is 4.39. The fraction of sp³-hybridized carbons (Fsp3) is 0.125. The van der Waals surface area contributed by atoms with Crippen molar-refractivity contribution in [2.75, 3.05) is 0 Å². The first kappa shape index (κ1) is 10.7. The van der Waals surface area contributed by atoms with Crippen LogP contribution >= 0.6 is 0 Å². The summed E-state index contributed by atoms with van der Waals surface area (Å²) in [5.74, 6) is 0.410. The Morgan fingerprint density at radius 3 is 2.25 bits per heavy atom. The molecule has 0 nitrogen and oxygen atoms in total. The second kappa shape index (κ2) is 4.36. The summed E-state index contributed by atoms with van der Waals surface area (Å²) in [5, 5.41) is 0. The van der Waals surface area contributed by atoms with Crippen LogP contribution in [0.1, 0.15) is 12.5 Å². The van der Waals surface area contributed by atoms with Crippen molar-refractivity contribution in [1.29, 1.82) is 0 Å². The van der Waals surface area contributed by atoms with Crippen molar-refractivity contribution >= 4 is 5.57 Å². The normalized spacial score (nSPS) is 19.6. The van der Waals surface area contributed by atoms with Gasteiger partial charge in [0.15, 0.2) is 0 Å². The fourth-order valence-corrected chi connectivity index (χ4v) is 2.23. The van der Waals surface area contributed by atoms with Crippen LogP contribution in [0.4, 0.5) is 0 Å². The predicted molar refractivity (Wildman–Crippen MR) is 71.0 cm³/mol. The molecule has 0 fully saturated rings. The molecule has 0 amide bonds. The Hall–Kier alpha value is -1.82. The minimum Gasteiger partial charge on any atom is -0.0987 e. The maximum absolute atomic E-state index is 3.88. The second-order valence-corrected chi connectivity index (χ2v) is 4.01. The third kappa shape index (κ3) is 1.67. The van der Waals surface area contributed by atoms with Gasteiger partial charge in [0.05, 0.1) is 0 Å². The Kier molecular flexibility index (Phi) is 2.91. The van der Waals surface area contributed by atoms with Crippen LogP contribution in [0.2, 0.25) is 0 Å². The molecule has 1 aliphatic carbocycles. The SMILES string of the molecule is C=CC1=C(C=C)C(C)C(c2ccccc2)=C1. The maximum atomic E-state index is 3.88. The molecule has 0 heterocycles. The lowest BCUT2D eigenvalue weighted by Crippen LogP contribution is -1.96. The first-order chi connectivity index (χ1) is 7.77. The molecule has 0 aromatic heterocycles. The third-order valence-electron chi connectivity index (χ3n) is 3.12. The van der Waals surface area contributed by atoms with Gasteiger partial charge < -0.3 is 0 Å². The molecule has 0 radical (unpaired) electrons. The van der Waals surface area contributed by atoms with Gasteiger partial charge in [0, 0.05) is 5.92 Å². The molecule has 1 aromatic rings. The number of hydrogen-bond donors (Lipinski definition) is 0. The smallest absolute Gasteiger partial charge is 0.00728 e.